The third-order valence-corrected chi connectivity index (χ3v) is 6.54. The Morgan fingerprint density at radius 2 is 2.00 bits per heavy atom. The summed E-state index contributed by atoms with van der Waals surface area (Å²) in [5.74, 6) is 0.746. The molecule has 1 aromatic heterocycles. The number of rotatable bonds is 9. The molecule has 1 unspecified atom stereocenters. The molecule has 1 saturated carbocycles. The number of pyridine rings is 1. The van der Waals surface area contributed by atoms with E-state index in [0.717, 1.165) is 57.3 Å². The highest BCUT2D eigenvalue weighted by atomic mass is 16.5. The lowest BCUT2D eigenvalue weighted by Crippen LogP contribution is -2.38. The van der Waals surface area contributed by atoms with Crippen LogP contribution in [0, 0.1) is 11.8 Å². The number of aromatic nitrogens is 1. The molecule has 1 aliphatic carbocycles. The van der Waals surface area contributed by atoms with E-state index < -0.39 is 5.97 Å². The fourth-order valence-electron chi connectivity index (χ4n) is 4.43. The summed E-state index contributed by atoms with van der Waals surface area (Å²) in [6, 6.07) is 3.91. The molecule has 31 heavy (non-hydrogen) atoms. The second-order valence-electron chi connectivity index (χ2n) is 9.21. The Labute approximate surface area is 185 Å². The molecule has 0 spiro atoms. The van der Waals surface area contributed by atoms with Crippen LogP contribution in [0.3, 0.4) is 0 Å². The lowest BCUT2D eigenvalue weighted by Gasteiger charge is -2.33. The van der Waals surface area contributed by atoms with Crippen molar-refractivity contribution in [3.05, 3.63) is 17.7 Å². The SMILES string of the molecule is CCC(C)COc1nc(N2CCC[C@@H](CC(=O)O)C2)ccc1C(=O)NC1CCCCC1. The van der Waals surface area contributed by atoms with E-state index in [1.165, 1.54) is 6.42 Å². The topological polar surface area (TPSA) is 91.8 Å². The van der Waals surface area contributed by atoms with Crippen molar-refractivity contribution in [2.75, 3.05) is 24.6 Å². The average molecular weight is 432 g/mol. The predicted octanol–water partition coefficient (Wildman–Crippen LogP) is 4.26. The Bertz CT molecular complexity index is 748. The summed E-state index contributed by atoms with van der Waals surface area (Å²) < 4.78 is 6.03. The molecule has 7 nitrogen and oxygen atoms in total. The second kappa shape index (κ2) is 11.3. The van der Waals surface area contributed by atoms with Crippen LogP contribution in [0.2, 0.25) is 0 Å². The molecule has 2 N–H and O–H groups in total. The number of ether oxygens (including phenoxy) is 1. The highest BCUT2D eigenvalue weighted by Crippen LogP contribution is 2.28. The fourth-order valence-corrected chi connectivity index (χ4v) is 4.43. The van der Waals surface area contributed by atoms with Gasteiger partial charge in [0, 0.05) is 25.6 Å². The van der Waals surface area contributed by atoms with Gasteiger partial charge in [0.2, 0.25) is 5.88 Å². The Hall–Kier alpha value is -2.31. The molecule has 172 valence electrons. The van der Waals surface area contributed by atoms with Gasteiger partial charge in [-0.1, -0.05) is 39.5 Å². The van der Waals surface area contributed by atoms with E-state index >= 15 is 0 Å². The van der Waals surface area contributed by atoms with Crippen molar-refractivity contribution in [1.29, 1.82) is 0 Å². The lowest BCUT2D eigenvalue weighted by molar-refractivity contribution is -0.138. The summed E-state index contributed by atoms with van der Waals surface area (Å²) >= 11 is 0. The van der Waals surface area contributed by atoms with Crippen LogP contribution in [0.25, 0.3) is 0 Å². The third kappa shape index (κ3) is 6.84. The summed E-state index contributed by atoms with van der Waals surface area (Å²) in [6.45, 7) is 6.25. The summed E-state index contributed by atoms with van der Waals surface area (Å²) in [6.07, 6.45) is 8.64. The maximum Gasteiger partial charge on any atom is 0.303 e. The number of carboxylic acid groups (broad SMARTS) is 1. The van der Waals surface area contributed by atoms with Crippen molar-refractivity contribution >= 4 is 17.7 Å². The van der Waals surface area contributed by atoms with Crippen molar-refractivity contribution in [2.45, 2.75) is 77.7 Å². The number of hydrogen-bond donors (Lipinski definition) is 2. The third-order valence-electron chi connectivity index (χ3n) is 6.54. The van der Waals surface area contributed by atoms with Gasteiger partial charge in [-0.25, -0.2) is 0 Å². The molecule has 7 heteroatoms. The standard InChI is InChI=1S/C24H37N3O4/c1-3-17(2)16-31-24-20(23(30)25-19-9-5-4-6-10-19)11-12-21(26-24)27-13-7-8-18(15-27)14-22(28)29/h11-12,17-19H,3-10,13-16H2,1-2H3,(H,25,30)(H,28,29)/t17?,18-/m0/s1. The minimum Gasteiger partial charge on any atom is -0.481 e. The van der Waals surface area contributed by atoms with Crippen LogP contribution < -0.4 is 15.0 Å². The first-order valence-corrected chi connectivity index (χ1v) is 11.9. The highest BCUT2D eigenvalue weighted by Gasteiger charge is 2.25. The number of nitrogens with zero attached hydrogens (tertiary/aromatic N) is 2. The molecule has 1 aromatic rings. The first kappa shape index (κ1) is 23.4. The first-order valence-electron chi connectivity index (χ1n) is 11.9. The number of piperidine rings is 1. The van der Waals surface area contributed by atoms with Gasteiger partial charge in [-0.15, -0.1) is 0 Å². The van der Waals surface area contributed by atoms with Gasteiger partial charge in [-0.2, -0.15) is 4.98 Å². The van der Waals surface area contributed by atoms with E-state index in [1.807, 2.05) is 12.1 Å². The summed E-state index contributed by atoms with van der Waals surface area (Å²) in [5, 5.41) is 12.3. The number of carboxylic acids is 1. The van der Waals surface area contributed by atoms with Crippen LogP contribution >= 0.6 is 0 Å². The van der Waals surface area contributed by atoms with E-state index in [0.29, 0.717) is 30.5 Å². The van der Waals surface area contributed by atoms with Crippen LogP contribution in [0.15, 0.2) is 12.1 Å². The molecular formula is C24H37N3O4. The van der Waals surface area contributed by atoms with Crippen molar-refractivity contribution in [2.24, 2.45) is 11.8 Å². The molecule has 2 heterocycles. The minimum atomic E-state index is -0.757. The molecule has 0 radical (unpaired) electrons. The number of hydrogen-bond acceptors (Lipinski definition) is 5. The van der Waals surface area contributed by atoms with E-state index in [-0.39, 0.29) is 24.3 Å². The molecule has 2 aliphatic rings. The molecule has 3 rings (SSSR count). The van der Waals surface area contributed by atoms with Gasteiger partial charge in [0.15, 0.2) is 0 Å². The molecule has 2 fully saturated rings. The van der Waals surface area contributed by atoms with E-state index in [4.69, 9.17) is 14.8 Å². The van der Waals surface area contributed by atoms with Crippen molar-refractivity contribution in [3.8, 4) is 5.88 Å². The number of carbonyl (C=O) groups is 2. The Morgan fingerprint density at radius 3 is 2.71 bits per heavy atom. The van der Waals surface area contributed by atoms with Gasteiger partial charge in [-0.3, -0.25) is 9.59 Å². The number of carbonyl (C=O) groups excluding carboxylic acids is 1. The van der Waals surface area contributed by atoms with Gasteiger partial charge in [0.1, 0.15) is 11.4 Å². The molecule has 0 bridgehead atoms. The number of anilines is 1. The summed E-state index contributed by atoms with van der Waals surface area (Å²) in [7, 11) is 0. The van der Waals surface area contributed by atoms with Gasteiger partial charge >= 0.3 is 5.97 Å². The monoisotopic (exact) mass is 431 g/mol. The maximum absolute atomic E-state index is 13.0. The van der Waals surface area contributed by atoms with Crippen LogP contribution in [-0.4, -0.2) is 47.7 Å². The van der Waals surface area contributed by atoms with Gasteiger partial charge < -0.3 is 20.1 Å². The van der Waals surface area contributed by atoms with Crippen LogP contribution in [-0.2, 0) is 4.79 Å². The maximum atomic E-state index is 13.0. The van der Waals surface area contributed by atoms with E-state index in [2.05, 4.69) is 24.1 Å². The first-order chi connectivity index (χ1) is 15.0. The Kier molecular flexibility index (Phi) is 8.55. The zero-order valence-electron chi connectivity index (χ0n) is 18.9. The molecule has 1 aliphatic heterocycles. The van der Waals surface area contributed by atoms with Crippen LogP contribution in [0.1, 0.15) is 82.0 Å². The Morgan fingerprint density at radius 1 is 1.23 bits per heavy atom. The summed E-state index contributed by atoms with van der Waals surface area (Å²) in [4.78, 5) is 31.0. The quantitative estimate of drug-likeness (QED) is 0.607. The van der Waals surface area contributed by atoms with Crippen LogP contribution in [0.5, 0.6) is 5.88 Å². The normalized spacial score (nSPS) is 20.8. The molecular weight excluding hydrogens is 394 g/mol. The average Bonchev–Trinajstić information content (AvgIpc) is 2.77. The number of nitrogens with one attached hydrogen (secondary N) is 1. The van der Waals surface area contributed by atoms with E-state index in [9.17, 15) is 9.59 Å². The zero-order chi connectivity index (χ0) is 22.2. The van der Waals surface area contributed by atoms with E-state index in [1.54, 1.807) is 0 Å². The largest absolute Gasteiger partial charge is 0.481 e. The predicted molar refractivity (Wildman–Crippen MR) is 121 cm³/mol. The highest BCUT2D eigenvalue weighted by molar-refractivity contribution is 5.96. The van der Waals surface area contributed by atoms with Crippen molar-refractivity contribution in [3.63, 3.8) is 0 Å². The second-order valence-corrected chi connectivity index (χ2v) is 9.21. The smallest absolute Gasteiger partial charge is 0.303 e. The van der Waals surface area contributed by atoms with Gasteiger partial charge in [0.25, 0.3) is 5.91 Å². The molecule has 1 amide bonds. The fraction of sp³-hybridized carbons (Fsp3) is 0.708. The lowest BCUT2D eigenvalue weighted by atomic mass is 9.95. The molecule has 2 atom stereocenters. The van der Waals surface area contributed by atoms with Gasteiger partial charge in [0.05, 0.1) is 6.61 Å². The summed E-state index contributed by atoms with van der Waals surface area (Å²) in [5.41, 5.74) is 0.483. The van der Waals surface area contributed by atoms with Crippen LogP contribution in [0.4, 0.5) is 5.82 Å². The number of aliphatic carboxylic acids is 1. The van der Waals surface area contributed by atoms with Crippen molar-refractivity contribution < 1.29 is 19.4 Å². The zero-order valence-corrected chi connectivity index (χ0v) is 18.9. The molecule has 0 aromatic carbocycles. The van der Waals surface area contributed by atoms with Gasteiger partial charge in [-0.05, 0) is 49.7 Å². The number of amides is 1. The minimum absolute atomic E-state index is 0.117. The molecule has 1 saturated heterocycles. The Balaban J connectivity index is 1.76. The van der Waals surface area contributed by atoms with Crippen molar-refractivity contribution in [1.82, 2.24) is 10.3 Å².